The molecule has 2 rings (SSSR count). The number of carbonyl (C=O) groups excluding carboxylic acids is 1. The summed E-state index contributed by atoms with van der Waals surface area (Å²) in [5.74, 6) is -0.355. The van der Waals surface area contributed by atoms with E-state index in [1.807, 2.05) is 12.1 Å². The Balaban J connectivity index is 2.38. The zero-order valence-corrected chi connectivity index (χ0v) is 11.1. The molecule has 20 heavy (non-hydrogen) atoms. The van der Waals surface area contributed by atoms with Crippen LogP contribution in [-0.2, 0) is 13.1 Å². The summed E-state index contributed by atoms with van der Waals surface area (Å²) < 4.78 is 0. The lowest BCUT2D eigenvalue weighted by Crippen LogP contribution is -2.17. The minimum atomic E-state index is -1.22. The Bertz CT molecular complexity index is 611. The van der Waals surface area contributed by atoms with Gasteiger partial charge in [0, 0.05) is 18.7 Å². The normalized spacial score (nSPS) is 12.2. The average molecular weight is 270 g/mol. The molecular formula is C16H18N2O2. The first-order valence-corrected chi connectivity index (χ1v) is 6.47. The first-order valence-electron chi connectivity index (χ1n) is 6.47. The van der Waals surface area contributed by atoms with Gasteiger partial charge in [0.15, 0.2) is 5.78 Å². The van der Waals surface area contributed by atoms with Crippen LogP contribution >= 0.6 is 0 Å². The van der Waals surface area contributed by atoms with Gasteiger partial charge in [-0.05, 0) is 16.7 Å². The van der Waals surface area contributed by atoms with E-state index in [0.29, 0.717) is 11.1 Å². The monoisotopic (exact) mass is 270 g/mol. The van der Waals surface area contributed by atoms with Gasteiger partial charge in [0.2, 0.25) is 0 Å². The molecule has 0 saturated heterocycles. The molecule has 1 unspecified atom stereocenters. The van der Waals surface area contributed by atoms with E-state index in [1.165, 1.54) is 0 Å². The molecule has 0 aliphatic carbocycles. The maximum atomic E-state index is 12.4. The second kappa shape index (κ2) is 6.43. The molecule has 4 heteroatoms. The highest BCUT2D eigenvalue weighted by Crippen LogP contribution is 2.23. The minimum absolute atomic E-state index is 0.257. The average Bonchev–Trinajstić information content (AvgIpc) is 2.53. The molecule has 0 saturated carbocycles. The van der Waals surface area contributed by atoms with Crippen molar-refractivity contribution in [2.75, 3.05) is 0 Å². The molecule has 0 amide bonds. The summed E-state index contributed by atoms with van der Waals surface area (Å²) in [5, 5.41) is 10.3. The van der Waals surface area contributed by atoms with Gasteiger partial charge in [-0.25, -0.2) is 0 Å². The van der Waals surface area contributed by atoms with Crippen molar-refractivity contribution in [3.63, 3.8) is 0 Å². The van der Waals surface area contributed by atoms with Crippen LogP contribution < -0.4 is 11.5 Å². The summed E-state index contributed by atoms with van der Waals surface area (Å²) in [6.45, 7) is 0.534. The number of carbonyl (C=O) groups is 1. The van der Waals surface area contributed by atoms with Crippen molar-refractivity contribution in [3.05, 3.63) is 70.8 Å². The van der Waals surface area contributed by atoms with Gasteiger partial charge in [0.25, 0.3) is 0 Å². The lowest BCUT2D eigenvalue weighted by molar-refractivity contribution is 0.0745. The Kier molecular flexibility index (Phi) is 4.63. The highest BCUT2D eigenvalue weighted by atomic mass is 16.3. The van der Waals surface area contributed by atoms with Gasteiger partial charge in [0.1, 0.15) is 6.10 Å². The second-order valence-electron chi connectivity index (χ2n) is 4.53. The van der Waals surface area contributed by atoms with E-state index < -0.39 is 6.10 Å². The zero-order valence-electron chi connectivity index (χ0n) is 11.1. The van der Waals surface area contributed by atoms with E-state index >= 15 is 0 Å². The molecule has 2 aromatic carbocycles. The first-order chi connectivity index (χ1) is 9.69. The number of ketones is 1. The third kappa shape index (κ3) is 2.77. The lowest BCUT2D eigenvalue weighted by Gasteiger charge is -2.15. The summed E-state index contributed by atoms with van der Waals surface area (Å²) in [5.41, 5.74) is 13.8. The maximum Gasteiger partial charge on any atom is 0.196 e. The standard InChI is InChI=1S/C16H18N2O2/c17-9-11-5-1-3-7-13(11)15(19)16(20)14-8-4-2-6-12(14)10-18/h1-8,15,19H,9-10,17-18H2. The van der Waals surface area contributed by atoms with E-state index in [2.05, 4.69) is 0 Å². The number of aliphatic hydroxyl groups is 1. The van der Waals surface area contributed by atoms with Crippen molar-refractivity contribution >= 4 is 5.78 Å². The van der Waals surface area contributed by atoms with E-state index in [9.17, 15) is 9.90 Å². The number of rotatable bonds is 5. The van der Waals surface area contributed by atoms with Crippen LogP contribution in [0.2, 0.25) is 0 Å². The van der Waals surface area contributed by atoms with E-state index in [4.69, 9.17) is 11.5 Å². The fourth-order valence-electron chi connectivity index (χ4n) is 2.21. The van der Waals surface area contributed by atoms with Crippen LogP contribution in [0.5, 0.6) is 0 Å². The molecule has 0 bridgehead atoms. The Morgan fingerprint density at radius 3 is 2.15 bits per heavy atom. The van der Waals surface area contributed by atoms with Crippen molar-refractivity contribution in [3.8, 4) is 0 Å². The van der Waals surface area contributed by atoms with Gasteiger partial charge in [-0.3, -0.25) is 4.79 Å². The van der Waals surface area contributed by atoms with E-state index in [1.54, 1.807) is 36.4 Å². The lowest BCUT2D eigenvalue weighted by atomic mass is 9.93. The predicted octanol–water partition coefficient (Wildman–Crippen LogP) is 1.52. The van der Waals surface area contributed by atoms with Gasteiger partial charge in [0.05, 0.1) is 0 Å². The SMILES string of the molecule is NCc1ccccc1C(=O)C(O)c1ccccc1CN. The molecule has 0 radical (unpaired) electrons. The van der Waals surface area contributed by atoms with Crippen LogP contribution in [0.15, 0.2) is 48.5 Å². The molecule has 4 nitrogen and oxygen atoms in total. The fourth-order valence-corrected chi connectivity index (χ4v) is 2.21. The van der Waals surface area contributed by atoms with Crippen LogP contribution in [0, 0.1) is 0 Å². The maximum absolute atomic E-state index is 12.4. The molecule has 0 heterocycles. The smallest absolute Gasteiger partial charge is 0.196 e. The van der Waals surface area contributed by atoms with Crippen molar-refractivity contribution in [1.82, 2.24) is 0 Å². The highest BCUT2D eigenvalue weighted by molar-refractivity contribution is 6.01. The highest BCUT2D eigenvalue weighted by Gasteiger charge is 2.22. The van der Waals surface area contributed by atoms with Crippen molar-refractivity contribution in [2.45, 2.75) is 19.2 Å². The van der Waals surface area contributed by atoms with Crippen molar-refractivity contribution < 1.29 is 9.90 Å². The Morgan fingerprint density at radius 2 is 1.50 bits per heavy atom. The van der Waals surface area contributed by atoms with Crippen LogP contribution in [0.3, 0.4) is 0 Å². The van der Waals surface area contributed by atoms with Gasteiger partial charge < -0.3 is 16.6 Å². The van der Waals surface area contributed by atoms with Gasteiger partial charge in [-0.1, -0.05) is 48.5 Å². The molecule has 1 atom stereocenters. The molecule has 5 N–H and O–H groups in total. The topological polar surface area (TPSA) is 89.3 Å². The van der Waals surface area contributed by atoms with Crippen LogP contribution in [0.25, 0.3) is 0 Å². The van der Waals surface area contributed by atoms with Gasteiger partial charge in [-0.15, -0.1) is 0 Å². The summed E-state index contributed by atoms with van der Waals surface area (Å²) >= 11 is 0. The number of benzene rings is 2. The Hall–Kier alpha value is -2.01. The summed E-state index contributed by atoms with van der Waals surface area (Å²) in [6, 6.07) is 14.2. The third-order valence-corrected chi connectivity index (χ3v) is 3.32. The van der Waals surface area contributed by atoms with Crippen molar-refractivity contribution in [1.29, 1.82) is 0 Å². The zero-order chi connectivity index (χ0) is 14.5. The fraction of sp³-hybridized carbons (Fsp3) is 0.188. The van der Waals surface area contributed by atoms with Crippen LogP contribution in [0.1, 0.15) is 33.2 Å². The van der Waals surface area contributed by atoms with Crippen molar-refractivity contribution in [2.24, 2.45) is 11.5 Å². The second-order valence-corrected chi connectivity index (χ2v) is 4.53. The number of Topliss-reactive ketones (excluding diaryl/α,β-unsaturated/α-hetero) is 1. The molecule has 0 aliphatic rings. The molecular weight excluding hydrogens is 252 g/mol. The van der Waals surface area contributed by atoms with E-state index in [0.717, 1.165) is 11.1 Å². The van der Waals surface area contributed by atoms with Gasteiger partial charge in [-0.2, -0.15) is 0 Å². The first kappa shape index (κ1) is 14.4. The summed E-state index contributed by atoms with van der Waals surface area (Å²) in [6.07, 6.45) is -1.22. The number of hydrogen-bond acceptors (Lipinski definition) is 4. The summed E-state index contributed by atoms with van der Waals surface area (Å²) in [4.78, 5) is 12.4. The largest absolute Gasteiger partial charge is 0.380 e. The molecule has 104 valence electrons. The third-order valence-electron chi connectivity index (χ3n) is 3.32. The Morgan fingerprint density at radius 1 is 0.950 bits per heavy atom. The molecule has 0 spiro atoms. The Labute approximate surface area is 118 Å². The molecule has 2 aromatic rings. The summed E-state index contributed by atoms with van der Waals surface area (Å²) in [7, 11) is 0. The van der Waals surface area contributed by atoms with Crippen LogP contribution in [-0.4, -0.2) is 10.9 Å². The quantitative estimate of drug-likeness (QED) is 0.719. The minimum Gasteiger partial charge on any atom is -0.380 e. The number of nitrogens with two attached hydrogens (primary N) is 2. The van der Waals surface area contributed by atoms with E-state index in [-0.39, 0.29) is 18.9 Å². The number of hydrogen-bond donors (Lipinski definition) is 3. The van der Waals surface area contributed by atoms with Gasteiger partial charge >= 0.3 is 0 Å². The molecule has 0 fully saturated rings. The van der Waals surface area contributed by atoms with Crippen LogP contribution in [0.4, 0.5) is 0 Å². The number of aliphatic hydroxyl groups excluding tert-OH is 1. The predicted molar refractivity (Wildman–Crippen MR) is 78.0 cm³/mol. The molecule has 0 aliphatic heterocycles. The molecule has 0 aromatic heterocycles.